The second kappa shape index (κ2) is 6.45. The molecule has 1 atom stereocenters. The topological polar surface area (TPSA) is 90.0 Å². The minimum absolute atomic E-state index is 0.134. The minimum Gasteiger partial charge on any atom is -0.310 e. The zero-order valence-corrected chi connectivity index (χ0v) is 17.1. The number of hydrogen-bond acceptors (Lipinski definition) is 5. The van der Waals surface area contributed by atoms with Crippen molar-refractivity contribution in [1.82, 2.24) is 29.6 Å². The molecule has 1 aliphatic rings. The molecule has 0 aliphatic carbocycles. The van der Waals surface area contributed by atoms with Crippen LogP contribution in [0.1, 0.15) is 35.0 Å². The lowest BCUT2D eigenvalue weighted by molar-refractivity contribution is -0.116. The lowest BCUT2D eigenvalue weighted by Gasteiger charge is -2.24. The maximum absolute atomic E-state index is 13.7. The quantitative estimate of drug-likeness (QED) is 0.500. The molecular formula is C19H15BrFN7O. The second-order valence-electron chi connectivity index (χ2n) is 6.95. The number of rotatable bonds is 2. The van der Waals surface area contributed by atoms with E-state index in [1.807, 2.05) is 13.8 Å². The highest BCUT2D eigenvalue weighted by molar-refractivity contribution is 9.10. The molecule has 0 spiro atoms. The average molecular weight is 456 g/mol. The summed E-state index contributed by atoms with van der Waals surface area (Å²) in [5.74, 6) is 1.05. The number of halogens is 2. The van der Waals surface area contributed by atoms with Crippen LogP contribution in [0.4, 0.5) is 10.2 Å². The first-order valence-corrected chi connectivity index (χ1v) is 9.75. The van der Waals surface area contributed by atoms with Crippen LogP contribution >= 0.6 is 15.9 Å². The van der Waals surface area contributed by atoms with Crippen LogP contribution in [0.3, 0.4) is 0 Å². The van der Waals surface area contributed by atoms with E-state index >= 15 is 0 Å². The Morgan fingerprint density at radius 3 is 2.79 bits per heavy atom. The molecule has 146 valence electrons. The SMILES string of the molecule is Cc1nn(-c2ccc3nnc(C)n3n2)c2c1[C@H](c1ccc(F)c(Br)c1)CC(=O)N2. The van der Waals surface area contributed by atoms with Crippen molar-refractivity contribution in [3.05, 3.63) is 63.3 Å². The summed E-state index contributed by atoms with van der Waals surface area (Å²) < 4.78 is 17.3. The summed E-state index contributed by atoms with van der Waals surface area (Å²) in [5, 5.41) is 20.2. The van der Waals surface area contributed by atoms with Crippen LogP contribution < -0.4 is 5.32 Å². The van der Waals surface area contributed by atoms with Crippen molar-refractivity contribution in [2.45, 2.75) is 26.2 Å². The fraction of sp³-hybridized carbons (Fsp3) is 0.211. The molecule has 10 heteroatoms. The first-order valence-electron chi connectivity index (χ1n) is 8.96. The van der Waals surface area contributed by atoms with Crippen molar-refractivity contribution in [2.24, 2.45) is 0 Å². The molecule has 4 aromatic rings. The van der Waals surface area contributed by atoms with Crippen LogP contribution in [-0.4, -0.2) is 35.5 Å². The van der Waals surface area contributed by atoms with Gasteiger partial charge in [-0.15, -0.1) is 15.3 Å². The highest BCUT2D eigenvalue weighted by atomic mass is 79.9. The summed E-state index contributed by atoms with van der Waals surface area (Å²) in [5.41, 5.74) is 3.13. The van der Waals surface area contributed by atoms with Crippen molar-refractivity contribution < 1.29 is 9.18 Å². The lowest BCUT2D eigenvalue weighted by atomic mass is 9.86. The zero-order chi connectivity index (χ0) is 20.3. The number of anilines is 1. The van der Waals surface area contributed by atoms with Crippen LogP contribution in [0.5, 0.6) is 0 Å². The van der Waals surface area contributed by atoms with E-state index in [1.165, 1.54) is 6.07 Å². The summed E-state index contributed by atoms with van der Waals surface area (Å²) in [7, 11) is 0. The van der Waals surface area contributed by atoms with Gasteiger partial charge in [-0.2, -0.15) is 14.3 Å². The zero-order valence-electron chi connectivity index (χ0n) is 15.5. The molecule has 1 aliphatic heterocycles. The normalized spacial score (nSPS) is 16.1. The van der Waals surface area contributed by atoms with E-state index in [-0.39, 0.29) is 24.1 Å². The van der Waals surface area contributed by atoms with Crippen molar-refractivity contribution in [1.29, 1.82) is 0 Å². The third-order valence-corrected chi connectivity index (χ3v) is 5.68. The van der Waals surface area contributed by atoms with Crippen LogP contribution in [0.25, 0.3) is 11.5 Å². The molecular weight excluding hydrogens is 441 g/mol. The Hall–Kier alpha value is -3.14. The Morgan fingerprint density at radius 1 is 1.17 bits per heavy atom. The first kappa shape index (κ1) is 17.9. The molecule has 8 nitrogen and oxygen atoms in total. The number of fused-ring (bicyclic) bond motifs is 2. The summed E-state index contributed by atoms with van der Waals surface area (Å²) in [6, 6.07) is 8.39. The van der Waals surface area contributed by atoms with E-state index < -0.39 is 0 Å². The van der Waals surface area contributed by atoms with E-state index in [4.69, 9.17) is 0 Å². The summed E-state index contributed by atoms with van der Waals surface area (Å²) in [6.07, 6.45) is 0.259. The van der Waals surface area contributed by atoms with E-state index in [0.717, 1.165) is 16.8 Å². The Labute approximate surface area is 172 Å². The van der Waals surface area contributed by atoms with E-state index in [2.05, 4.69) is 41.6 Å². The van der Waals surface area contributed by atoms with Gasteiger partial charge in [0.05, 0.1) is 10.2 Å². The molecule has 0 unspecified atom stereocenters. The summed E-state index contributed by atoms with van der Waals surface area (Å²) in [6.45, 7) is 3.70. The average Bonchev–Trinajstić information content (AvgIpc) is 3.23. The maximum Gasteiger partial charge on any atom is 0.226 e. The Morgan fingerprint density at radius 2 is 2.00 bits per heavy atom. The number of hydrogen-bond donors (Lipinski definition) is 1. The van der Waals surface area contributed by atoms with Crippen LogP contribution in [0, 0.1) is 19.7 Å². The van der Waals surface area contributed by atoms with E-state index in [0.29, 0.717) is 27.6 Å². The van der Waals surface area contributed by atoms with Crippen LogP contribution in [0.2, 0.25) is 0 Å². The van der Waals surface area contributed by atoms with Crippen molar-refractivity contribution >= 4 is 33.3 Å². The number of aromatic nitrogens is 6. The highest BCUT2D eigenvalue weighted by Crippen LogP contribution is 2.40. The van der Waals surface area contributed by atoms with Crippen molar-refractivity contribution in [3.8, 4) is 5.82 Å². The molecule has 1 N–H and O–H groups in total. The predicted molar refractivity (Wildman–Crippen MR) is 107 cm³/mol. The fourth-order valence-electron chi connectivity index (χ4n) is 3.73. The summed E-state index contributed by atoms with van der Waals surface area (Å²) >= 11 is 3.23. The molecule has 0 saturated heterocycles. The van der Waals surface area contributed by atoms with Crippen molar-refractivity contribution in [3.63, 3.8) is 0 Å². The smallest absolute Gasteiger partial charge is 0.226 e. The van der Waals surface area contributed by atoms with Gasteiger partial charge in [0.1, 0.15) is 11.6 Å². The summed E-state index contributed by atoms with van der Waals surface area (Å²) in [4.78, 5) is 12.5. The van der Waals surface area contributed by atoms with Crippen LogP contribution in [0.15, 0.2) is 34.8 Å². The third-order valence-electron chi connectivity index (χ3n) is 5.07. The monoisotopic (exact) mass is 455 g/mol. The maximum atomic E-state index is 13.7. The Bertz CT molecular complexity index is 1300. The number of carbonyl (C=O) groups is 1. The molecule has 0 radical (unpaired) electrons. The molecule has 29 heavy (non-hydrogen) atoms. The van der Waals surface area contributed by atoms with Gasteiger partial charge in [0.15, 0.2) is 17.3 Å². The molecule has 1 amide bonds. The highest BCUT2D eigenvalue weighted by Gasteiger charge is 2.33. The first-order chi connectivity index (χ1) is 13.9. The Balaban J connectivity index is 1.68. The minimum atomic E-state index is -0.344. The van der Waals surface area contributed by atoms with Gasteiger partial charge in [-0.25, -0.2) is 4.39 Å². The molecule has 0 saturated carbocycles. The Kier molecular flexibility index (Phi) is 3.98. The molecule has 1 aromatic carbocycles. The number of amides is 1. The largest absolute Gasteiger partial charge is 0.310 e. The second-order valence-corrected chi connectivity index (χ2v) is 7.80. The number of benzene rings is 1. The van der Waals surface area contributed by atoms with Gasteiger partial charge in [0, 0.05) is 17.9 Å². The van der Waals surface area contributed by atoms with Crippen molar-refractivity contribution in [2.75, 3.05) is 5.32 Å². The molecule has 5 rings (SSSR count). The van der Waals surface area contributed by atoms with Gasteiger partial charge in [0.25, 0.3) is 0 Å². The molecule has 0 fully saturated rings. The number of aryl methyl sites for hydroxylation is 2. The number of carbonyl (C=O) groups excluding carboxylic acids is 1. The predicted octanol–water partition coefficient (Wildman–Crippen LogP) is 3.30. The van der Waals surface area contributed by atoms with Gasteiger partial charge in [-0.05, 0) is 59.6 Å². The molecule has 0 bridgehead atoms. The van der Waals surface area contributed by atoms with Gasteiger partial charge < -0.3 is 5.32 Å². The van der Waals surface area contributed by atoms with Gasteiger partial charge in [-0.3, -0.25) is 4.79 Å². The van der Waals surface area contributed by atoms with Crippen LogP contribution in [-0.2, 0) is 4.79 Å². The standard InChI is InChI=1S/C19H15BrFN7O/c1-9-18-12(11-3-4-14(21)13(20)7-11)8-17(29)22-19(18)28(25-9)16-6-5-15-24-23-10(2)27(15)26-16/h3-7,12H,8H2,1-2H3,(H,22,29)/t12-/m0/s1. The molecule has 4 heterocycles. The third kappa shape index (κ3) is 2.82. The van der Waals surface area contributed by atoms with Gasteiger partial charge in [-0.1, -0.05) is 6.07 Å². The van der Waals surface area contributed by atoms with Gasteiger partial charge >= 0.3 is 0 Å². The lowest BCUT2D eigenvalue weighted by Crippen LogP contribution is -2.25. The van der Waals surface area contributed by atoms with Gasteiger partial charge in [0.2, 0.25) is 5.91 Å². The van der Waals surface area contributed by atoms with E-state index in [1.54, 1.807) is 33.5 Å². The molecule has 3 aromatic heterocycles. The number of nitrogens with zero attached hydrogens (tertiary/aromatic N) is 6. The van der Waals surface area contributed by atoms with E-state index in [9.17, 15) is 9.18 Å². The fourth-order valence-corrected chi connectivity index (χ4v) is 4.12. The number of nitrogens with one attached hydrogen (secondary N) is 1.